The SMILES string of the molecule is CCOC(=O)C(CC)N1CCC(N)C(C)C1.Cl. The zero-order valence-electron chi connectivity index (χ0n) is 11.0. The Morgan fingerprint density at radius 1 is 1.53 bits per heavy atom. The van der Waals surface area contributed by atoms with Crippen molar-refractivity contribution < 1.29 is 9.53 Å². The van der Waals surface area contributed by atoms with Crippen molar-refractivity contribution in [3.63, 3.8) is 0 Å². The van der Waals surface area contributed by atoms with E-state index in [1.807, 2.05) is 13.8 Å². The van der Waals surface area contributed by atoms with Gasteiger partial charge < -0.3 is 10.5 Å². The van der Waals surface area contributed by atoms with Crippen molar-refractivity contribution >= 4 is 18.4 Å². The predicted octanol–water partition coefficient (Wildman–Crippen LogP) is 1.42. The van der Waals surface area contributed by atoms with Crippen LogP contribution in [0.5, 0.6) is 0 Å². The Hall–Kier alpha value is -0.320. The monoisotopic (exact) mass is 264 g/mol. The lowest BCUT2D eigenvalue weighted by Gasteiger charge is -2.38. The summed E-state index contributed by atoms with van der Waals surface area (Å²) in [6, 6.07) is 0.186. The molecule has 3 unspecified atom stereocenters. The van der Waals surface area contributed by atoms with E-state index >= 15 is 0 Å². The van der Waals surface area contributed by atoms with Crippen LogP contribution >= 0.6 is 12.4 Å². The summed E-state index contributed by atoms with van der Waals surface area (Å²) in [6.07, 6.45) is 1.78. The molecule has 0 aliphatic carbocycles. The second kappa shape index (κ2) is 7.90. The molecule has 0 aromatic rings. The van der Waals surface area contributed by atoms with E-state index in [1.165, 1.54) is 0 Å². The number of likely N-dealkylation sites (tertiary alicyclic amines) is 1. The first kappa shape index (κ1) is 16.7. The molecular weight excluding hydrogens is 240 g/mol. The molecule has 2 N–H and O–H groups in total. The van der Waals surface area contributed by atoms with Gasteiger partial charge in [-0.15, -0.1) is 12.4 Å². The molecule has 3 atom stereocenters. The van der Waals surface area contributed by atoms with Crippen molar-refractivity contribution in [2.45, 2.75) is 45.7 Å². The Morgan fingerprint density at radius 2 is 2.18 bits per heavy atom. The van der Waals surface area contributed by atoms with Gasteiger partial charge in [0.2, 0.25) is 0 Å². The fourth-order valence-electron chi connectivity index (χ4n) is 2.29. The summed E-state index contributed by atoms with van der Waals surface area (Å²) in [6.45, 7) is 8.29. The van der Waals surface area contributed by atoms with E-state index in [0.717, 1.165) is 25.9 Å². The summed E-state index contributed by atoms with van der Waals surface area (Å²) in [5.41, 5.74) is 5.97. The Morgan fingerprint density at radius 3 is 2.65 bits per heavy atom. The first-order valence-electron chi connectivity index (χ1n) is 6.26. The van der Waals surface area contributed by atoms with Crippen molar-refractivity contribution in [3.8, 4) is 0 Å². The van der Waals surface area contributed by atoms with Crippen molar-refractivity contribution in [2.24, 2.45) is 11.7 Å². The lowest BCUT2D eigenvalue weighted by molar-refractivity contribution is -0.150. The van der Waals surface area contributed by atoms with E-state index < -0.39 is 0 Å². The number of nitrogens with zero attached hydrogens (tertiary/aromatic N) is 1. The third-order valence-corrected chi connectivity index (χ3v) is 3.39. The second-order valence-corrected chi connectivity index (χ2v) is 4.60. The molecule has 1 rings (SSSR count). The highest BCUT2D eigenvalue weighted by molar-refractivity contribution is 5.85. The zero-order chi connectivity index (χ0) is 12.1. The number of esters is 1. The fourth-order valence-corrected chi connectivity index (χ4v) is 2.29. The highest BCUT2D eigenvalue weighted by Gasteiger charge is 2.31. The number of halogens is 1. The van der Waals surface area contributed by atoms with Gasteiger partial charge in [0.05, 0.1) is 6.61 Å². The first-order valence-corrected chi connectivity index (χ1v) is 6.26. The van der Waals surface area contributed by atoms with E-state index in [0.29, 0.717) is 12.5 Å². The highest BCUT2D eigenvalue weighted by atomic mass is 35.5. The molecule has 0 spiro atoms. The van der Waals surface area contributed by atoms with Crippen LogP contribution in [-0.2, 0) is 9.53 Å². The third-order valence-electron chi connectivity index (χ3n) is 3.39. The molecule has 0 radical (unpaired) electrons. The summed E-state index contributed by atoms with van der Waals surface area (Å²) in [7, 11) is 0. The molecule has 0 bridgehead atoms. The van der Waals surface area contributed by atoms with Gasteiger partial charge in [-0.3, -0.25) is 9.69 Å². The van der Waals surface area contributed by atoms with Gasteiger partial charge in [-0.2, -0.15) is 0 Å². The van der Waals surface area contributed by atoms with Crippen molar-refractivity contribution in [3.05, 3.63) is 0 Å². The number of nitrogens with two attached hydrogens (primary N) is 1. The molecule has 1 saturated heterocycles. The molecule has 5 heteroatoms. The Labute approximate surface area is 110 Å². The van der Waals surface area contributed by atoms with Crippen LogP contribution in [0, 0.1) is 5.92 Å². The van der Waals surface area contributed by atoms with Gasteiger partial charge in [0, 0.05) is 19.1 Å². The summed E-state index contributed by atoms with van der Waals surface area (Å²) in [5, 5.41) is 0. The van der Waals surface area contributed by atoms with E-state index in [2.05, 4.69) is 11.8 Å². The normalized spacial score (nSPS) is 27.1. The van der Waals surface area contributed by atoms with Gasteiger partial charge in [0.15, 0.2) is 0 Å². The molecule has 1 aliphatic heterocycles. The average molecular weight is 265 g/mol. The maximum absolute atomic E-state index is 11.8. The van der Waals surface area contributed by atoms with Gasteiger partial charge in [-0.1, -0.05) is 13.8 Å². The Bertz CT molecular complexity index is 239. The number of hydrogen-bond acceptors (Lipinski definition) is 4. The van der Waals surface area contributed by atoms with Gasteiger partial charge in [0.25, 0.3) is 0 Å². The van der Waals surface area contributed by atoms with E-state index in [-0.39, 0.29) is 30.5 Å². The largest absolute Gasteiger partial charge is 0.465 e. The standard InChI is InChI=1S/C12H24N2O2.ClH/c1-4-11(12(15)16-5-2)14-7-6-10(13)9(3)8-14;/h9-11H,4-8,13H2,1-3H3;1H. The molecule has 17 heavy (non-hydrogen) atoms. The third kappa shape index (κ3) is 4.45. The number of ether oxygens (including phenoxy) is 1. The van der Waals surface area contributed by atoms with Crippen LogP contribution < -0.4 is 5.73 Å². The summed E-state index contributed by atoms with van der Waals surface area (Å²) >= 11 is 0. The van der Waals surface area contributed by atoms with Crippen LogP contribution in [0.4, 0.5) is 0 Å². The molecule has 0 aromatic heterocycles. The van der Waals surface area contributed by atoms with Gasteiger partial charge in [0.1, 0.15) is 6.04 Å². The molecule has 0 aromatic carbocycles. The molecule has 1 fully saturated rings. The Kier molecular flexibility index (Phi) is 7.75. The van der Waals surface area contributed by atoms with Crippen molar-refractivity contribution in [2.75, 3.05) is 19.7 Å². The lowest BCUT2D eigenvalue weighted by atomic mass is 9.93. The molecular formula is C12H25ClN2O2. The van der Waals surface area contributed by atoms with Crippen LogP contribution in [0.3, 0.4) is 0 Å². The molecule has 1 heterocycles. The number of piperidine rings is 1. The van der Waals surface area contributed by atoms with Crippen LogP contribution in [-0.4, -0.2) is 42.6 Å². The quantitative estimate of drug-likeness (QED) is 0.781. The minimum atomic E-state index is -0.0901. The molecule has 1 aliphatic rings. The topological polar surface area (TPSA) is 55.6 Å². The lowest BCUT2D eigenvalue weighted by Crippen LogP contribution is -2.52. The minimum absolute atomic E-state index is 0. The summed E-state index contributed by atoms with van der Waals surface area (Å²) in [4.78, 5) is 14.0. The highest BCUT2D eigenvalue weighted by Crippen LogP contribution is 2.19. The summed E-state index contributed by atoms with van der Waals surface area (Å²) in [5.74, 6) is 0.366. The molecule has 0 amide bonds. The summed E-state index contributed by atoms with van der Waals surface area (Å²) < 4.78 is 5.10. The number of hydrogen-bond donors (Lipinski definition) is 1. The fraction of sp³-hybridized carbons (Fsp3) is 0.917. The van der Waals surface area contributed by atoms with E-state index in [4.69, 9.17) is 10.5 Å². The van der Waals surface area contributed by atoms with Crippen LogP contribution in [0.2, 0.25) is 0 Å². The van der Waals surface area contributed by atoms with Crippen LogP contribution in [0.25, 0.3) is 0 Å². The van der Waals surface area contributed by atoms with Crippen LogP contribution in [0.15, 0.2) is 0 Å². The zero-order valence-corrected chi connectivity index (χ0v) is 11.8. The smallest absolute Gasteiger partial charge is 0.323 e. The maximum atomic E-state index is 11.8. The van der Waals surface area contributed by atoms with E-state index in [9.17, 15) is 4.79 Å². The minimum Gasteiger partial charge on any atom is -0.465 e. The predicted molar refractivity (Wildman–Crippen MR) is 71.3 cm³/mol. The van der Waals surface area contributed by atoms with E-state index in [1.54, 1.807) is 0 Å². The van der Waals surface area contributed by atoms with Crippen molar-refractivity contribution in [1.29, 1.82) is 0 Å². The average Bonchev–Trinajstić information content (AvgIpc) is 2.25. The molecule has 102 valence electrons. The molecule has 0 saturated carbocycles. The molecule has 4 nitrogen and oxygen atoms in total. The second-order valence-electron chi connectivity index (χ2n) is 4.60. The number of carbonyl (C=O) groups is 1. The van der Waals surface area contributed by atoms with Crippen LogP contribution in [0.1, 0.15) is 33.6 Å². The first-order chi connectivity index (χ1) is 7.60. The number of carbonyl (C=O) groups excluding carboxylic acids is 1. The van der Waals surface area contributed by atoms with Gasteiger partial charge in [-0.05, 0) is 25.7 Å². The van der Waals surface area contributed by atoms with Gasteiger partial charge >= 0.3 is 5.97 Å². The number of rotatable bonds is 4. The Balaban J connectivity index is 0.00000256. The van der Waals surface area contributed by atoms with Crippen molar-refractivity contribution in [1.82, 2.24) is 4.90 Å². The van der Waals surface area contributed by atoms with Gasteiger partial charge in [-0.25, -0.2) is 0 Å². The maximum Gasteiger partial charge on any atom is 0.323 e.